The van der Waals surface area contributed by atoms with Gasteiger partial charge in [0.2, 0.25) is 5.91 Å². The van der Waals surface area contributed by atoms with Gasteiger partial charge in [-0.25, -0.2) is 0 Å². The van der Waals surface area contributed by atoms with Gasteiger partial charge in [0.15, 0.2) is 0 Å². The molecule has 4 atom stereocenters. The number of aliphatic hydroxyl groups is 4. The minimum Gasteiger partial charge on any atom is -0.394 e. The fourth-order valence-electron chi connectivity index (χ4n) is 6.05. The zero-order valence-electron chi connectivity index (χ0n) is 29.9. The molecule has 4 unspecified atom stereocenters. The van der Waals surface area contributed by atoms with E-state index in [-0.39, 0.29) is 0 Å². The zero-order valence-corrected chi connectivity index (χ0v) is 29.9. The summed E-state index contributed by atoms with van der Waals surface area (Å²) in [5, 5.41) is 43.3. The van der Waals surface area contributed by atoms with Crippen molar-refractivity contribution < 1.29 is 25.2 Å². The van der Waals surface area contributed by atoms with Crippen LogP contribution in [0.1, 0.15) is 200 Å². The third-order valence-electron chi connectivity index (χ3n) is 9.23. The van der Waals surface area contributed by atoms with E-state index in [1.54, 1.807) is 0 Å². The number of allylic oxidation sites excluding steroid dienone is 2. The summed E-state index contributed by atoms with van der Waals surface area (Å²) >= 11 is 0. The van der Waals surface area contributed by atoms with E-state index in [1.807, 2.05) is 0 Å². The maximum Gasteiger partial charge on any atom is 0.249 e. The average molecular weight is 640 g/mol. The van der Waals surface area contributed by atoms with Crippen LogP contribution in [0.2, 0.25) is 0 Å². The van der Waals surface area contributed by atoms with Crippen molar-refractivity contribution in [1.29, 1.82) is 0 Å². The Hall–Kier alpha value is -0.950. The monoisotopic (exact) mass is 640 g/mol. The number of rotatable bonds is 35. The summed E-state index contributed by atoms with van der Waals surface area (Å²) in [6, 6.07) is -0.994. The molecular formula is C39H77NO5. The number of aliphatic hydroxyl groups excluding tert-OH is 4. The average Bonchev–Trinajstić information content (AvgIpc) is 3.04. The maximum absolute atomic E-state index is 12.4. The lowest BCUT2D eigenvalue weighted by molar-refractivity contribution is -0.132. The highest BCUT2D eigenvalue weighted by Gasteiger charge is 2.28. The summed E-state index contributed by atoms with van der Waals surface area (Å²) in [4.78, 5) is 12.4. The van der Waals surface area contributed by atoms with Crippen molar-refractivity contribution in [3.8, 4) is 0 Å². The molecule has 268 valence electrons. The Labute approximate surface area is 279 Å². The van der Waals surface area contributed by atoms with Gasteiger partial charge in [-0.2, -0.15) is 0 Å². The van der Waals surface area contributed by atoms with E-state index >= 15 is 0 Å². The molecule has 5 N–H and O–H groups in total. The van der Waals surface area contributed by atoms with Crippen molar-refractivity contribution in [3.05, 3.63) is 12.2 Å². The highest BCUT2D eigenvalue weighted by molar-refractivity contribution is 5.80. The minimum atomic E-state index is -1.27. The van der Waals surface area contributed by atoms with E-state index in [9.17, 15) is 25.2 Å². The van der Waals surface area contributed by atoms with E-state index in [2.05, 4.69) is 31.3 Å². The summed E-state index contributed by atoms with van der Waals surface area (Å²) in [6.07, 6.45) is 35.4. The molecule has 0 aliphatic heterocycles. The lowest BCUT2D eigenvalue weighted by atomic mass is 10.00. The van der Waals surface area contributed by atoms with Crippen LogP contribution in [0.3, 0.4) is 0 Å². The van der Waals surface area contributed by atoms with Crippen molar-refractivity contribution in [3.63, 3.8) is 0 Å². The number of carbonyl (C=O) groups excluding carboxylic acids is 1. The van der Waals surface area contributed by atoms with Gasteiger partial charge in [-0.1, -0.05) is 174 Å². The Balaban J connectivity index is 3.71. The Bertz CT molecular complexity index is 643. The van der Waals surface area contributed by atoms with Gasteiger partial charge in [-0.3, -0.25) is 4.79 Å². The smallest absolute Gasteiger partial charge is 0.249 e. The molecule has 1 amide bonds. The predicted molar refractivity (Wildman–Crippen MR) is 191 cm³/mol. The van der Waals surface area contributed by atoms with Gasteiger partial charge in [0.05, 0.1) is 18.8 Å². The lowest BCUT2D eigenvalue weighted by Crippen LogP contribution is -2.53. The van der Waals surface area contributed by atoms with Crippen LogP contribution in [-0.2, 0) is 4.79 Å². The Morgan fingerprint density at radius 1 is 0.533 bits per heavy atom. The molecular weight excluding hydrogens is 562 g/mol. The van der Waals surface area contributed by atoms with Crippen LogP contribution in [0.25, 0.3) is 0 Å². The molecule has 6 nitrogen and oxygen atoms in total. The lowest BCUT2D eigenvalue weighted by Gasteiger charge is -2.27. The molecule has 0 spiro atoms. The topological polar surface area (TPSA) is 110 Å². The first-order chi connectivity index (χ1) is 22.0. The molecule has 0 fully saturated rings. The van der Waals surface area contributed by atoms with Crippen LogP contribution in [-0.4, -0.2) is 57.3 Å². The van der Waals surface area contributed by atoms with Crippen LogP contribution < -0.4 is 5.32 Å². The second-order valence-electron chi connectivity index (χ2n) is 13.6. The van der Waals surface area contributed by atoms with Crippen molar-refractivity contribution in [2.24, 2.45) is 0 Å². The highest BCUT2D eigenvalue weighted by atomic mass is 16.3. The fraction of sp³-hybridized carbons (Fsp3) is 0.923. The van der Waals surface area contributed by atoms with Gasteiger partial charge in [0.1, 0.15) is 12.2 Å². The van der Waals surface area contributed by atoms with Crippen molar-refractivity contribution >= 4 is 5.91 Å². The summed E-state index contributed by atoms with van der Waals surface area (Å²) in [5.41, 5.74) is 0. The van der Waals surface area contributed by atoms with Gasteiger partial charge < -0.3 is 25.7 Å². The predicted octanol–water partition coefficient (Wildman–Crippen LogP) is 9.46. The number of amides is 1. The Kier molecular flexibility index (Phi) is 33.7. The first-order valence-corrected chi connectivity index (χ1v) is 19.6. The van der Waals surface area contributed by atoms with Gasteiger partial charge in [-0.15, -0.1) is 0 Å². The van der Waals surface area contributed by atoms with Crippen molar-refractivity contribution in [2.45, 2.75) is 224 Å². The zero-order chi connectivity index (χ0) is 33.2. The standard InChI is InChI=1S/C39H77NO5/c1-3-5-7-9-11-13-14-15-16-17-18-19-20-21-22-23-25-27-29-31-33-37(43)39(45)40-35(34-41)38(44)36(42)32-30-28-26-24-12-10-8-6-4-2/h24,26,35-38,41-44H,3-23,25,27-34H2,1-2H3,(H,40,45)/b26-24+. The van der Waals surface area contributed by atoms with Gasteiger partial charge in [-0.05, 0) is 38.5 Å². The summed E-state index contributed by atoms with van der Waals surface area (Å²) < 4.78 is 0. The molecule has 0 heterocycles. The molecule has 0 aliphatic carbocycles. The van der Waals surface area contributed by atoms with E-state index in [1.165, 1.54) is 135 Å². The summed E-state index contributed by atoms with van der Waals surface area (Å²) in [5.74, 6) is -0.593. The van der Waals surface area contributed by atoms with Crippen LogP contribution in [0.4, 0.5) is 0 Å². The quantitative estimate of drug-likeness (QED) is 0.0350. The normalized spacial score (nSPS) is 14.5. The minimum absolute atomic E-state index is 0.367. The van der Waals surface area contributed by atoms with E-state index < -0.39 is 36.9 Å². The molecule has 0 radical (unpaired) electrons. The third kappa shape index (κ3) is 29.0. The molecule has 6 heteroatoms. The number of nitrogens with one attached hydrogen (secondary N) is 1. The van der Waals surface area contributed by atoms with E-state index in [4.69, 9.17) is 0 Å². The summed E-state index contributed by atoms with van der Waals surface area (Å²) in [7, 11) is 0. The molecule has 45 heavy (non-hydrogen) atoms. The van der Waals surface area contributed by atoms with Gasteiger partial charge >= 0.3 is 0 Å². The number of hydrogen-bond donors (Lipinski definition) is 5. The number of carbonyl (C=O) groups is 1. The molecule has 0 bridgehead atoms. The van der Waals surface area contributed by atoms with Crippen LogP contribution in [0.15, 0.2) is 12.2 Å². The highest BCUT2D eigenvalue weighted by Crippen LogP contribution is 2.16. The molecule has 0 rings (SSSR count). The molecule has 0 saturated carbocycles. The first kappa shape index (κ1) is 44.0. The fourth-order valence-corrected chi connectivity index (χ4v) is 6.05. The SMILES string of the molecule is CCCCCC/C=C/CCCC(O)C(O)C(CO)NC(=O)C(O)CCCCCCCCCCCCCCCCCCCCCC. The number of hydrogen-bond acceptors (Lipinski definition) is 5. The largest absolute Gasteiger partial charge is 0.394 e. The Morgan fingerprint density at radius 2 is 0.911 bits per heavy atom. The van der Waals surface area contributed by atoms with E-state index in [0.717, 1.165) is 38.5 Å². The van der Waals surface area contributed by atoms with Gasteiger partial charge in [0.25, 0.3) is 0 Å². The Morgan fingerprint density at radius 3 is 1.33 bits per heavy atom. The molecule has 0 aliphatic rings. The van der Waals surface area contributed by atoms with Crippen LogP contribution in [0, 0.1) is 0 Å². The molecule has 0 aromatic carbocycles. The summed E-state index contributed by atoms with van der Waals surface area (Å²) in [6.45, 7) is 3.99. The molecule has 0 aromatic rings. The third-order valence-corrected chi connectivity index (χ3v) is 9.23. The second kappa shape index (κ2) is 34.4. The number of unbranched alkanes of at least 4 members (excludes halogenated alkanes) is 24. The van der Waals surface area contributed by atoms with Crippen LogP contribution in [0.5, 0.6) is 0 Å². The van der Waals surface area contributed by atoms with Gasteiger partial charge in [0, 0.05) is 0 Å². The van der Waals surface area contributed by atoms with Crippen LogP contribution >= 0.6 is 0 Å². The second-order valence-corrected chi connectivity index (χ2v) is 13.6. The first-order valence-electron chi connectivity index (χ1n) is 19.6. The van der Waals surface area contributed by atoms with Crippen molar-refractivity contribution in [1.82, 2.24) is 5.32 Å². The maximum atomic E-state index is 12.4. The van der Waals surface area contributed by atoms with E-state index in [0.29, 0.717) is 12.8 Å². The molecule has 0 saturated heterocycles. The molecule has 0 aromatic heterocycles. The van der Waals surface area contributed by atoms with Crippen molar-refractivity contribution in [2.75, 3.05) is 6.61 Å².